The number of hydrogen-bond donors (Lipinski definition) is 1. The molecule has 2 N–H and O–H groups in total. The van der Waals surface area contributed by atoms with Crippen molar-refractivity contribution >= 4 is 28.6 Å². The van der Waals surface area contributed by atoms with Gasteiger partial charge < -0.3 is 5.73 Å². The van der Waals surface area contributed by atoms with Gasteiger partial charge in [-0.15, -0.1) is 11.6 Å². The summed E-state index contributed by atoms with van der Waals surface area (Å²) in [5, 5.41) is 0. The van der Waals surface area contributed by atoms with E-state index < -0.39 is 11.6 Å². The fourth-order valence-electron chi connectivity index (χ4n) is 3.45. The number of rotatable bonds is 4. The van der Waals surface area contributed by atoms with Crippen molar-refractivity contribution in [2.75, 3.05) is 5.73 Å². The summed E-state index contributed by atoms with van der Waals surface area (Å²) >= 11 is 5.93. The first-order chi connectivity index (χ1) is 15.5. The number of nitrogens with two attached hydrogens (primary N) is 1. The van der Waals surface area contributed by atoms with Gasteiger partial charge in [0.25, 0.3) is 0 Å². The van der Waals surface area contributed by atoms with Crippen LogP contribution in [-0.4, -0.2) is 24.5 Å². The van der Waals surface area contributed by atoms with Gasteiger partial charge in [-0.1, -0.05) is 12.1 Å². The van der Waals surface area contributed by atoms with Crippen LogP contribution in [0, 0.1) is 11.6 Å². The molecule has 9 heteroatoms. The van der Waals surface area contributed by atoms with Crippen molar-refractivity contribution < 1.29 is 8.78 Å². The molecule has 4 heterocycles. The minimum Gasteiger partial charge on any atom is -0.383 e. The molecule has 0 aliphatic heterocycles. The predicted molar refractivity (Wildman–Crippen MR) is 119 cm³/mol. The number of aromatic nitrogens is 5. The van der Waals surface area contributed by atoms with Crippen molar-refractivity contribution in [2.45, 2.75) is 5.88 Å². The topological polar surface area (TPSA) is 82.5 Å². The number of alkyl halides is 1. The molecular formula is C23H15ClF2N6. The molecule has 5 aromatic rings. The highest BCUT2D eigenvalue weighted by molar-refractivity contribution is 6.17. The van der Waals surface area contributed by atoms with Crippen molar-refractivity contribution in [3.05, 3.63) is 84.2 Å². The zero-order valence-corrected chi connectivity index (χ0v) is 17.3. The average molecular weight is 449 g/mol. The Kier molecular flexibility index (Phi) is 4.99. The van der Waals surface area contributed by atoms with Crippen LogP contribution in [0.3, 0.4) is 0 Å². The van der Waals surface area contributed by atoms with Gasteiger partial charge in [0.15, 0.2) is 11.5 Å². The first-order valence-electron chi connectivity index (χ1n) is 9.62. The fourth-order valence-corrected chi connectivity index (χ4v) is 3.63. The Balaban J connectivity index is 1.80. The second kappa shape index (κ2) is 7.97. The van der Waals surface area contributed by atoms with E-state index in [-0.39, 0.29) is 17.2 Å². The molecule has 0 spiro atoms. The molecule has 0 saturated carbocycles. The maximum absolute atomic E-state index is 14.8. The van der Waals surface area contributed by atoms with Crippen LogP contribution in [0.5, 0.6) is 0 Å². The highest BCUT2D eigenvalue weighted by Crippen LogP contribution is 2.33. The molecule has 6 nitrogen and oxygen atoms in total. The number of anilines is 1. The fraction of sp³-hybridized carbons (Fsp3) is 0.0435. The van der Waals surface area contributed by atoms with Crippen LogP contribution in [-0.2, 0) is 5.88 Å². The van der Waals surface area contributed by atoms with E-state index in [4.69, 9.17) is 22.3 Å². The third-order valence-electron chi connectivity index (χ3n) is 5.00. The third kappa shape index (κ3) is 3.44. The minimum absolute atomic E-state index is 0.0133. The molecule has 0 saturated heterocycles. The lowest BCUT2D eigenvalue weighted by molar-refractivity contribution is 0.622. The molecule has 0 aliphatic carbocycles. The molecule has 158 valence electrons. The number of pyridine rings is 3. The molecule has 0 atom stereocenters. The molecule has 0 fully saturated rings. The summed E-state index contributed by atoms with van der Waals surface area (Å²) in [7, 11) is 0. The lowest BCUT2D eigenvalue weighted by Gasteiger charge is -2.11. The van der Waals surface area contributed by atoms with E-state index in [1.807, 2.05) is 24.3 Å². The maximum Gasteiger partial charge on any atom is 0.165 e. The Morgan fingerprint density at radius 3 is 2.34 bits per heavy atom. The first kappa shape index (κ1) is 20.0. The summed E-state index contributed by atoms with van der Waals surface area (Å²) < 4.78 is 29.8. The Morgan fingerprint density at radius 1 is 0.875 bits per heavy atom. The second-order valence-corrected chi connectivity index (χ2v) is 7.29. The molecule has 0 bridgehead atoms. The van der Waals surface area contributed by atoms with Crippen molar-refractivity contribution in [2.24, 2.45) is 0 Å². The summed E-state index contributed by atoms with van der Waals surface area (Å²) in [4.78, 5) is 17.4. The summed E-state index contributed by atoms with van der Waals surface area (Å²) in [5.74, 6) is -0.352. The monoisotopic (exact) mass is 448 g/mol. The summed E-state index contributed by atoms with van der Waals surface area (Å²) in [6.45, 7) is 0. The standard InChI is InChI=1S/C23H15ClF2N6/c24-11-13-1-4-15(5-2-13)32-22-19(31-23(32)20-16(26)9-10-28-21(20)27)8-7-18(30-22)17-6-3-14(25)12-29-17/h1-10,12H,11H2,(H2,27,28). The number of halogens is 3. The lowest BCUT2D eigenvalue weighted by Crippen LogP contribution is -2.04. The average Bonchev–Trinajstić information content (AvgIpc) is 3.17. The molecule has 0 aliphatic rings. The van der Waals surface area contributed by atoms with Gasteiger partial charge in [-0.2, -0.15) is 0 Å². The highest BCUT2D eigenvalue weighted by atomic mass is 35.5. The van der Waals surface area contributed by atoms with Gasteiger partial charge >= 0.3 is 0 Å². The van der Waals surface area contributed by atoms with E-state index in [0.29, 0.717) is 34.1 Å². The highest BCUT2D eigenvalue weighted by Gasteiger charge is 2.21. The van der Waals surface area contributed by atoms with Gasteiger partial charge in [-0.25, -0.2) is 23.7 Å². The number of hydrogen-bond acceptors (Lipinski definition) is 5. The Bertz CT molecular complexity index is 1410. The van der Waals surface area contributed by atoms with Gasteiger partial charge in [-0.05, 0) is 48.0 Å². The molecule has 0 amide bonds. The van der Waals surface area contributed by atoms with E-state index in [2.05, 4.69) is 15.0 Å². The number of benzene rings is 1. The zero-order valence-electron chi connectivity index (χ0n) is 16.5. The van der Waals surface area contributed by atoms with Crippen LogP contribution in [0.2, 0.25) is 0 Å². The molecule has 32 heavy (non-hydrogen) atoms. The molecule has 4 aromatic heterocycles. The first-order valence-corrected chi connectivity index (χ1v) is 10.2. The van der Waals surface area contributed by atoms with Crippen LogP contribution in [0.4, 0.5) is 14.6 Å². The van der Waals surface area contributed by atoms with Crippen LogP contribution in [0.15, 0.2) is 67.0 Å². The minimum atomic E-state index is -0.549. The largest absolute Gasteiger partial charge is 0.383 e. The van der Waals surface area contributed by atoms with E-state index in [1.54, 1.807) is 22.8 Å². The predicted octanol–water partition coefficient (Wildman–Crippen LogP) is 5.14. The Morgan fingerprint density at radius 2 is 1.66 bits per heavy atom. The molecule has 1 aromatic carbocycles. The third-order valence-corrected chi connectivity index (χ3v) is 5.30. The number of imidazole rings is 1. The van der Waals surface area contributed by atoms with Gasteiger partial charge in [0.05, 0.1) is 23.1 Å². The van der Waals surface area contributed by atoms with Crippen LogP contribution >= 0.6 is 11.6 Å². The number of nitrogens with zero attached hydrogens (tertiary/aromatic N) is 5. The molecule has 0 unspecified atom stereocenters. The second-order valence-electron chi connectivity index (χ2n) is 7.02. The van der Waals surface area contributed by atoms with Crippen molar-refractivity contribution in [3.8, 4) is 28.5 Å². The molecule has 5 rings (SSSR count). The van der Waals surface area contributed by atoms with Crippen molar-refractivity contribution in [1.29, 1.82) is 0 Å². The van der Waals surface area contributed by atoms with Crippen molar-refractivity contribution in [1.82, 2.24) is 24.5 Å². The van der Waals surface area contributed by atoms with Crippen molar-refractivity contribution in [3.63, 3.8) is 0 Å². The van der Waals surface area contributed by atoms with Gasteiger partial charge in [0.2, 0.25) is 0 Å². The van der Waals surface area contributed by atoms with Gasteiger partial charge in [0.1, 0.15) is 23.0 Å². The molecular weight excluding hydrogens is 434 g/mol. The SMILES string of the molecule is Nc1nccc(F)c1-c1nc2ccc(-c3ccc(F)cn3)nc2n1-c1ccc(CCl)cc1. The van der Waals surface area contributed by atoms with E-state index in [1.165, 1.54) is 18.3 Å². The maximum atomic E-state index is 14.8. The van der Waals surface area contributed by atoms with Gasteiger partial charge in [-0.3, -0.25) is 9.55 Å². The van der Waals surface area contributed by atoms with Crippen LogP contribution in [0.25, 0.3) is 39.6 Å². The normalized spacial score (nSPS) is 11.2. The Labute approximate surface area is 186 Å². The quantitative estimate of drug-likeness (QED) is 0.385. The summed E-state index contributed by atoms with van der Waals surface area (Å²) in [6.07, 6.45) is 2.42. The van der Waals surface area contributed by atoms with Crippen LogP contribution < -0.4 is 5.73 Å². The van der Waals surface area contributed by atoms with E-state index in [9.17, 15) is 8.78 Å². The lowest BCUT2D eigenvalue weighted by atomic mass is 10.2. The summed E-state index contributed by atoms with van der Waals surface area (Å²) in [6, 6.07) is 15.0. The zero-order chi connectivity index (χ0) is 22.2. The smallest absolute Gasteiger partial charge is 0.165 e. The molecule has 0 radical (unpaired) electrons. The number of fused-ring (bicyclic) bond motifs is 1. The number of nitrogen functional groups attached to an aromatic ring is 1. The van der Waals surface area contributed by atoms with Gasteiger partial charge in [0, 0.05) is 17.8 Å². The van der Waals surface area contributed by atoms with Crippen LogP contribution in [0.1, 0.15) is 5.56 Å². The summed E-state index contributed by atoms with van der Waals surface area (Å²) in [5.41, 5.74) is 9.71. The van der Waals surface area contributed by atoms with E-state index in [0.717, 1.165) is 11.8 Å². The van der Waals surface area contributed by atoms with E-state index >= 15 is 0 Å². The Hall–Kier alpha value is -3.91.